The Morgan fingerprint density at radius 1 is 1.00 bits per heavy atom. The minimum atomic E-state index is -1.31. The molecular weight excluding hydrogens is 376 g/mol. The van der Waals surface area contributed by atoms with E-state index in [0.29, 0.717) is 0 Å². The summed E-state index contributed by atoms with van der Waals surface area (Å²) in [6, 6.07) is 0.432. The zero-order valence-corrected chi connectivity index (χ0v) is 18.5. The van der Waals surface area contributed by atoms with E-state index in [1.54, 1.807) is 20.8 Å². The quantitative estimate of drug-likeness (QED) is 0.446. The number of likely N-dealkylation sites (N-methyl/N-ethyl adjacent to an activating group) is 1. The van der Waals surface area contributed by atoms with Crippen molar-refractivity contribution >= 4 is 12.1 Å². The minimum Gasteiger partial charge on any atom is -0.480 e. The zero-order valence-electron chi connectivity index (χ0n) is 18.5. The molecule has 0 heterocycles. The van der Waals surface area contributed by atoms with E-state index in [9.17, 15) is 9.59 Å². The molecule has 2 aliphatic rings. The van der Waals surface area contributed by atoms with Crippen LogP contribution in [0.1, 0.15) is 85.0 Å². The van der Waals surface area contributed by atoms with Gasteiger partial charge >= 0.3 is 12.1 Å². The Hall–Kier alpha value is -1.38. The van der Waals surface area contributed by atoms with Gasteiger partial charge in [0.25, 0.3) is 0 Å². The number of carboxylic acid groups (broad SMARTS) is 1. The van der Waals surface area contributed by atoms with Gasteiger partial charge in [0.15, 0.2) is 6.04 Å². The summed E-state index contributed by atoms with van der Waals surface area (Å²) in [6.45, 7) is 4.27. The first-order chi connectivity index (χ1) is 13.6. The molecular formula is C21H40N2O6. The summed E-state index contributed by atoms with van der Waals surface area (Å²) >= 11 is 0. The number of carbonyl (C=O) groups excluding carboxylic acids is 1. The molecule has 0 saturated heterocycles. The van der Waals surface area contributed by atoms with Crippen molar-refractivity contribution in [3.05, 3.63) is 0 Å². The molecule has 3 N–H and O–H groups in total. The first-order valence-corrected chi connectivity index (χ1v) is 10.9. The number of carboxylic acids is 1. The Bertz CT molecular complexity index is 466. The van der Waals surface area contributed by atoms with Gasteiger partial charge in [0.1, 0.15) is 5.60 Å². The Balaban J connectivity index is 0.000000294. The Labute approximate surface area is 174 Å². The predicted molar refractivity (Wildman–Crippen MR) is 110 cm³/mol. The van der Waals surface area contributed by atoms with Crippen molar-refractivity contribution in [3.8, 4) is 0 Å². The summed E-state index contributed by atoms with van der Waals surface area (Å²) < 4.78 is 4.81. The first kappa shape index (κ1) is 25.7. The molecule has 0 aromatic rings. The second-order valence-electron chi connectivity index (χ2n) is 8.98. The molecule has 2 rings (SSSR count). The molecule has 0 spiro atoms. The maximum absolute atomic E-state index is 11.2. The number of aliphatic hydroxyl groups is 1. The molecule has 2 aliphatic carbocycles. The topological polar surface area (TPSA) is 108 Å². The molecule has 0 aliphatic heterocycles. The molecule has 0 unspecified atom stereocenters. The van der Waals surface area contributed by atoms with E-state index in [4.69, 9.17) is 14.9 Å². The summed E-state index contributed by atoms with van der Waals surface area (Å²) in [4.78, 5) is 26.3. The summed E-state index contributed by atoms with van der Waals surface area (Å²) in [7, 11) is 1.22. The largest absolute Gasteiger partial charge is 0.528 e. The lowest BCUT2D eigenvalue weighted by atomic mass is 9.91. The maximum atomic E-state index is 11.2. The monoisotopic (exact) mass is 416 g/mol. The van der Waals surface area contributed by atoms with Crippen molar-refractivity contribution in [2.24, 2.45) is 0 Å². The van der Waals surface area contributed by atoms with Crippen LogP contribution >= 0.6 is 0 Å². The highest BCUT2D eigenvalue weighted by molar-refractivity contribution is 5.73. The second kappa shape index (κ2) is 13.0. The van der Waals surface area contributed by atoms with Crippen molar-refractivity contribution in [2.75, 3.05) is 13.7 Å². The van der Waals surface area contributed by atoms with E-state index in [1.165, 1.54) is 71.3 Å². The highest BCUT2D eigenvalue weighted by Gasteiger charge is 2.27. The van der Waals surface area contributed by atoms with Crippen molar-refractivity contribution < 1.29 is 29.4 Å². The van der Waals surface area contributed by atoms with Crippen molar-refractivity contribution in [1.82, 2.24) is 10.4 Å². The van der Waals surface area contributed by atoms with Gasteiger partial charge in [-0.3, -0.25) is 4.79 Å². The highest BCUT2D eigenvalue weighted by atomic mass is 16.8. The number of hydroxylamine groups is 2. The Morgan fingerprint density at radius 3 is 1.79 bits per heavy atom. The van der Waals surface area contributed by atoms with Crippen molar-refractivity contribution in [3.63, 3.8) is 0 Å². The van der Waals surface area contributed by atoms with E-state index in [1.807, 2.05) is 0 Å². The normalized spacial score (nSPS) is 19.8. The number of aliphatic carboxylic acids is 1. The van der Waals surface area contributed by atoms with Gasteiger partial charge in [-0.1, -0.05) is 38.5 Å². The lowest BCUT2D eigenvalue weighted by Crippen LogP contribution is -2.43. The van der Waals surface area contributed by atoms with Gasteiger partial charge in [0.05, 0.1) is 6.61 Å². The van der Waals surface area contributed by atoms with Gasteiger partial charge in [-0.15, -0.1) is 5.06 Å². The molecule has 0 amide bonds. The fraction of sp³-hybridized carbons (Fsp3) is 0.905. The van der Waals surface area contributed by atoms with Crippen LogP contribution in [0.2, 0.25) is 0 Å². The fourth-order valence-corrected chi connectivity index (χ4v) is 3.67. The maximum Gasteiger partial charge on any atom is 0.528 e. The molecule has 8 nitrogen and oxygen atoms in total. The van der Waals surface area contributed by atoms with Gasteiger partial charge < -0.3 is 25.1 Å². The average molecular weight is 417 g/mol. The van der Waals surface area contributed by atoms with E-state index >= 15 is 0 Å². The van der Waals surface area contributed by atoms with Crippen LogP contribution in [-0.4, -0.2) is 64.8 Å². The van der Waals surface area contributed by atoms with Crippen molar-refractivity contribution in [1.29, 1.82) is 0 Å². The van der Waals surface area contributed by atoms with Crippen molar-refractivity contribution in [2.45, 2.75) is 109 Å². The summed E-state index contributed by atoms with van der Waals surface area (Å²) in [5.74, 6) is -1.30. The molecule has 0 radical (unpaired) electrons. The van der Waals surface area contributed by atoms with Crippen LogP contribution in [0.4, 0.5) is 4.79 Å². The zero-order chi connectivity index (χ0) is 21.9. The number of nitrogens with one attached hydrogen (secondary N) is 1. The van der Waals surface area contributed by atoms with Crippen LogP contribution in [-0.2, 0) is 14.4 Å². The molecule has 29 heavy (non-hydrogen) atoms. The second-order valence-corrected chi connectivity index (χ2v) is 8.98. The van der Waals surface area contributed by atoms with Crippen LogP contribution in [0.3, 0.4) is 0 Å². The summed E-state index contributed by atoms with van der Waals surface area (Å²) in [5, 5.41) is 22.0. The summed E-state index contributed by atoms with van der Waals surface area (Å²) in [5.41, 5.74) is -0.726. The Morgan fingerprint density at radius 2 is 1.45 bits per heavy atom. The van der Waals surface area contributed by atoms with Gasteiger partial charge in [-0.2, -0.15) is 0 Å². The molecule has 2 fully saturated rings. The number of hydrogen-bond acceptors (Lipinski definition) is 7. The standard InChI is InChI=1S/C12H23N.C9H17NO6/c1-3-7-11(8-4-1)13-12-9-5-2-6-10-12;1-9(2,3)15-8(14)16-10(4)6(5-11)7(12)13/h11-13H,1-10H2;6,11H,5H2,1-4H3,(H,12,13)/t;6-/m.0/s1. The van der Waals surface area contributed by atoms with Gasteiger partial charge in [0.2, 0.25) is 0 Å². The highest BCUT2D eigenvalue weighted by Crippen LogP contribution is 2.22. The van der Waals surface area contributed by atoms with Gasteiger partial charge in [-0.05, 0) is 46.5 Å². The van der Waals surface area contributed by atoms with E-state index in [-0.39, 0.29) is 0 Å². The number of aliphatic hydroxyl groups excluding tert-OH is 1. The van der Waals surface area contributed by atoms with Crippen LogP contribution in [0, 0.1) is 0 Å². The third-order valence-electron chi connectivity index (χ3n) is 5.19. The molecule has 0 aromatic carbocycles. The number of ether oxygens (including phenoxy) is 1. The van der Waals surface area contributed by atoms with Gasteiger partial charge in [-0.25, -0.2) is 4.79 Å². The van der Waals surface area contributed by atoms with Crippen LogP contribution in [0.5, 0.6) is 0 Å². The van der Waals surface area contributed by atoms with Crippen LogP contribution in [0.15, 0.2) is 0 Å². The molecule has 0 aromatic heterocycles. The number of rotatable bonds is 6. The third kappa shape index (κ3) is 11.4. The SMILES string of the molecule is C1CCC(NC2CCCCC2)CC1.CN(OC(=O)OC(C)(C)C)[C@@H](CO)C(=O)O. The average Bonchev–Trinajstić information content (AvgIpc) is 2.62. The van der Waals surface area contributed by atoms with E-state index in [2.05, 4.69) is 10.2 Å². The molecule has 8 heteroatoms. The number of hydrogen-bond donors (Lipinski definition) is 3. The first-order valence-electron chi connectivity index (χ1n) is 10.9. The minimum absolute atomic E-state index is 0.672. The lowest BCUT2D eigenvalue weighted by Gasteiger charge is -2.30. The molecule has 0 bridgehead atoms. The molecule has 170 valence electrons. The van der Waals surface area contributed by atoms with E-state index < -0.39 is 30.4 Å². The fourth-order valence-electron chi connectivity index (χ4n) is 3.67. The third-order valence-corrected chi connectivity index (χ3v) is 5.19. The smallest absolute Gasteiger partial charge is 0.480 e. The predicted octanol–water partition coefficient (Wildman–Crippen LogP) is 3.47. The van der Waals surface area contributed by atoms with Crippen LogP contribution < -0.4 is 5.32 Å². The summed E-state index contributed by atoms with van der Waals surface area (Å²) in [6.07, 6.45) is 13.5. The van der Waals surface area contributed by atoms with Gasteiger partial charge in [0, 0.05) is 19.1 Å². The molecule has 1 atom stereocenters. The Kier molecular flexibility index (Phi) is 11.5. The number of nitrogens with zero attached hydrogens (tertiary/aromatic N) is 1. The molecule has 2 saturated carbocycles. The number of carbonyl (C=O) groups is 2. The van der Waals surface area contributed by atoms with E-state index in [0.717, 1.165) is 17.1 Å². The van der Waals surface area contributed by atoms with Crippen LogP contribution in [0.25, 0.3) is 0 Å². The lowest BCUT2D eigenvalue weighted by molar-refractivity contribution is -0.178.